The maximum atomic E-state index is 11.3. The van der Waals surface area contributed by atoms with Crippen LogP contribution in [0.1, 0.15) is 17.0 Å². The van der Waals surface area contributed by atoms with Crippen molar-refractivity contribution in [2.75, 3.05) is 0 Å². The second kappa shape index (κ2) is 5.53. The van der Waals surface area contributed by atoms with Gasteiger partial charge in [0.05, 0.1) is 0 Å². The van der Waals surface area contributed by atoms with Crippen molar-refractivity contribution < 1.29 is 5.11 Å². The van der Waals surface area contributed by atoms with Crippen molar-refractivity contribution in [2.45, 2.75) is 5.60 Å². The van der Waals surface area contributed by atoms with Crippen molar-refractivity contribution in [1.82, 2.24) is 9.97 Å². The topological polar surface area (TPSA) is 48.9 Å². The predicted molar refractivity (Wildman–Crippen MR) is 83.6 cm³/mol. The summed E-state index contributed by atoms with van der Waals surface area (Å²) in [4.78, 5) is 7.19. The summed E-state index contributed by atoms with van der Waals surface area (Å²) in [6, 6.07) is 14.1. The molecule has 2 aromatic carbocycles. The fourth-order valence-electron chi connectivity index (χ4n) is 2.29. The molecule has 1 heterocycles. The predicted octanol–water partition coefficient (Wildman–Crippen LogP) is 4.00. The second-order valence-corrected chi connectivity index (χ2v) is 5.53. The van der Waals surface area contributed by atoms with Crippen LogP contribution in [0.2, 0.25) is 10.0 Å². The minimum Gasteiger partial charge on any atom is -0.373 e. The highest BCUT2D eigenvalue weighted by Crippen LogP contribution is 2.35. The Morgan fingerprint density at radius 3 is 1.71 bits per heavy atom. The van der Waals surface area contributed by atoms with Gasteiger partial charge < -0.3 is 10.1 Å². The van der Waals surface area contributed by atoms with E-state index in [9.17, 15) is 5.11 Å². The zero-order valence-corrected chi connectivity index (χ0v) is 12.4. The minimum absolute atomic E-state index is 0.437. The molecule has 0 radical (unpaired) electrons. The molecule has 3 aromatic rings. The highest BCUT2D eigenvalue weighted by molar-refractivity contribution is 6.30. The number of hydrogen-bond donors (Lipinski definition) is 2. The lowest BCUT2D eigenvalue weighted by Crippen LogP contribution is -2.30. The van der Waals surface area contributed by atoms with E-state index in [-0.39, 0.29) is 0 Å². The zero-order chi connectivity index (χ0) is 14.9. The van der Waals surface area contributed by atoms with Crippen LogP contribution < -0.4 is 0 Å². The molecule has 0 saturated carbocycles. The maximum absolute atomic E-state index is 11.3. The molecule has 106 valence electrons. The van der Waals surface area contributed by atoms with Gasteiger partial charge in [0.2, 0.25) is 0 Å². The van der Waals surface area contributed by atoms with Crippen LogP contribution in [0, 0.1) is 0 Å². The Hall–Kier alpha value is -1.81. The van der Waals surface area contributed by atoms with Gasteiger partial charge in [0.25, 0.3) is 0 Å². The summed E-state index contributed by atoms with van der Waals surface area (Å²) in [5.74, 6) is 0.437. The Morgan fingerprint density at radius 2 is 1.33 bits per heavy atom. The first-order chi connectivity index (χ1) is 10.1. The average molecular weight is 319 g/mol. The minimum atomic E-state index is -1.39. The van der Waals surface area contributed by atoms with E-state index >= 15 is 0 Å². The SMILES string of the molecule is OC(c1ccc(Cl)cc1)(c1ccc(Cl)cc1)c1ncc[nH]1. The van der Waals surface area contributed by atoms with E-state index in [0.29, 0.717) is 27.0 Å². The molecule has 1 aromatic heterocycles. The molecule has 5 heteroatoms. The van der Waals surface area contributed by atoms with Gasteiger partial charge in [0.15, 0.2) is 5.60 Å². The molecule has 0 fully saturated rings. The van der Waals surface area contributed by atoms with E-state index in [2.05, 4.69) is 9.97 Å². The number of hydrogen-bond acceptors (Lipinski definition) is 2. The molecule has 0 unspecified atom stereocenters. The quantitative estimate of drug-likeness (QED) is 0.766. The third-order valence-electron chi connectivity index (χ3n) is 3.36. The van der Waals surface area contributed by atoms with Gasteiger partial charge in [-0.25, -0.2) is 4.98 Å². The molecular weight excluding hydrogens is 307 g/mol. The molecule has 0 aliphatic carbocycles. The molecule has 0 saturated heterocycles. The van der Waals surface area contributed by atoms with Gasteiger partial charge in [-0.1, -0.05) is 47.5 Å². The number of aliphatic hydroxyl groups is 1. The summed E-state index contributed by atoms with van der Waals surface area (Å²) in [6.07, 6.45) is 3.28. The van der Waals surface area contributed by atoms with Gasteiger partial charge in [0.1, 0.15) is 5.82 Å². The van der Waals surface area contributed by atoms with E-state index in [1.807, 2.05) is 0 Å². The normalized spacial score (nSPS) is 11.6. The lowest BCUT2D eigenvalue weighted by atomic mass is 9.85. The second-order valence-electron chi connectivity index (χ2n) is 4.66. The molecule has 0 atom stereocenters. The number of benzene rings is 2. The number of aromatic nitrogens is 2. The lowest BCUT2D eigenvalue weighted by Gasteiger charge is -2.27. The van der Waals surface area contributed by atoms with Gasteiger partial charge in [-0.15, -0.1) is 0 Å². The Morgan fingerprint density at radius 1 is 0.857 bits per heavy atom. The summed E-state index contributed by atoms with van der Waals surface area (Å²) in [5.41, 5.74) is -0.0491. The standard InChI is InChI=1S/C16H12Cl2N2O/c17-13-5-1-11(2-6-13)16(21,15-19-9-10-20-15)12-3-7-14(18)8-4-12/h1-10,21H,(H,19,20). The van der Waals surface area contributed by atoms with Gasteiger partial charge in [-0.05, 0) is 35.4 Å². The summed E-state index contributed by atoms with van der Waals surface area (Å²) >= 11 is 11.9. The Bertz CT molecular complexity index is 676. The first-order valence-electron chi connectivity index (χ1n) is 6.35. The van der Waals surface area contributed by atoms with Crippen LogP contribution in [0.5, 0.6) is 0 Å². The van der Waals surface area contributed by atoms with Crippen molar-refractivity contribution in [1.29, 1.82) is 0 Å². The number of aromatic amines is 1. The molecule has 0 amide bonds. The smallest absolute Gasteiger partial charge is 0.172 e. The van der Waals surface area contributed by atoms with Crippen LogP contribution in [0.4, 0.5) is 0 Å². The fourth-order valence-corrected chi connectivity index (χ4v) is 2.54. The van der Waals surface area contributed by atoms with Crippen molar-refractivity contribution in [3.8, 4) is 0 Å². The van der Waals surface area contributed by atoms with Crippen molar-refractivity contribution >= 4 is 23.2 Å². The molecule has 0 spiro atoms. The van der Waals surface area contributed by atoms with Crippen molar-refractivity contribution in [3.63, 3.8) is 0 Å². The Balaban J connectivity index is 2.20. The monoisotopic (exact) mass is 318 g/mol. The molecule has 2 N–H and O–H groups in total. The van der Waals surface area contributed by atoms with E-state index < -0.39 is 5.60 Å². The van der Waals surface area contributed by atoms with Gasteiger partial charge in [-0.2, -0.15) is 0 Å². The summed E-state index contributed by atoms with van der Waals surface area (Å²) in [5, 5.41) is 12.5. The molecule has 0 bridgehead atoms. The van der Waals surface area contributed by atoms with E-state index in [1.165, 1.54) is 0 Å². The van der Waals surface area contributed by atoms with Crippen molar-refractivity contribution in [3.05, 3.63) is 87.9 Å². The highest BCUT2D eigenvalue weighted by atomic mass is 35.5. The number of H-pyrrole nitrogens is 1. The Kier molecular flexibility index (Phi) is 3.72. The largest absolute Gasteiger partial charge is 0.373 e. The van der Waals surface area contributed by atoms with Crippen LogP contribution in [-0.4, -0.2) is 15.1 Å². The third-order valence-corrected chi connectivity index (χ3v) is 3.87. The van der Waals surface area contributed by atoms with E-state index in [4.69, 9.17) is 23.2 Å². The third kappa shape index (κ3) is 2.56. The Labute approximate surface area is 132 Å². The van der Waals surface area contributed by atoms with E-state index in [1.54, 1.807) is 60.9 Å². The average Bonchev–Trinajstić information content (AvgIpc) is 3.02. The van der Waals surface area contributed by atoms with Gasteiger partial charge in [0, 0.05) is 22.4 Å². The zero-order valence-electron chi connectivity index (χ0n) is 10.9. The summed E-state index contributed by atoms with van der Waals surface area (Å²) < 4.78 is 0. The first-order valence-corrected chi connectivity index (χ1v) is 7.10. The van der Waals surface area contributed by atoms with Crippen LogP contribution in [-0.2, 0) is 5.60 Å². The summed E-state index contributed by atoms with van der Waals surface area (Å²) in [7, 11) is 0. The van der Waals surface area contributed by atoms with Crippen LogP contribution in [0.3, 0.4) is 0 Å². The van der Waals surface area contributed by atoms with Gasteiger partial charge >= 0.3 is 0 Å². The first kappa shape index (κ1) is 14.1. The molecule has 0 aliphatic heterocycles. The van der Waals surface area contributed by atoms with Crippen LogP contribution in [0.15, 0.2) is 60.9 Å². The number of nitrogens with zero attached hydrogens (tertiary/aromatic N) is 1. The number of halogens is 2. The fraction of sp³-hybridized carbons (Fsp3) is 0.0625. The number of nitrogens with one attached hydrogen (secondary N) is 1. The number of rotatable bonds is 3. The molecular formula is C16H12Cl2N2O. The lowest BCUT2D eigenvalue weighted by molar-refractivity contribution is 0.116. The molecule has 0 aliphatic rings. The van der Waals surface area contributed by atoms with E-state index in [0.717, 1.165) is 0 Å². The molecule has 3 nitrogen and oxygen atoms in total. The number of imidazole rings is 1. The van der Waals surface area contributed by atoms with Crippen molar-refractivity contribution in [2.24, 2.45) is 0 Å². The summed E-state index contributed by atoms with van der Waals surface area (Å²) in [6.45, 7) is 0. The van der Waals surface area contributed by atoms with Crippen LogP contribution >= 0.6 is 23.2 Å². The molecule has 21 heavy (non-hydrogen) atoms. The van der Waals surface area contributed by atoms with Gasteiger partial charge in [-0.3, -0.25) is 0 Å². The maximum Gasteiger partial charge on any atom is 0.172 e. The molecule has 3 rings (SSSR count). The van der Waals surface area contributed by atoms with Crippen LogP contribution in [0.25, 0.3) is 0 Å². The highest BCUT2D eigenvalue weighted by Gasteiger charge is 2.36.